The lowest BCUT2D eigenvalue weighted by Crippen LogP contribution is -2.57. The van der Waals surface area contributed by atoms with E-state index in [9.17, 15) is 15.0 Å². The van der Waals surface area contributed by atoms with Gasteiger partial charge in [-0.3, -0.25) is 19.3 Å². The fraction of sp³-hybridized carbons (Fsp3) is 0.308. The topological polar surface area (TPSA) is 165 Å². The summed E-state index contributed by atoms with van der Waals surface area (Å²) in [7, 11) is 4.56. The SMILES string of the molecule is COCCOC(=O)N1C(=O)[C@@]2(c3cc(C#CCCO)ccc31)[C@H](C(=O)N1CCc3cc(OC)c(OC)cc3C1)[C@H]1C(=O)O[C@H](c3ccccc3)[C@H](c3ccccc3)N1[C@@H]2c1ccc(O)cc1. The lowest BCUT2D eigenvalue weighted by Gasteiger charge is -2.46. The summed E-state index contributed by atoms with van der Waals surface area (Å²) in [6.07, 6.45) is -1.32. The number of cyclic esters (lactones) is 1. The van der Waals surface area contributed by atoms with Crippen molar-refractivity contribution in [3.63, 3.8) is 0 Å². The van der Waals surface area contributed by atoms with Gasteiger partial charge in [0.05, 0.1) is 51.1 Å². The van der Waals surface area contributed by atoms with Crippen molar-refractivity contribution >= 4 is 29.6 Å². The van der Waals surface area contributed by atoms with Crippen molar-refractivity contribution in [2.45, 2.75) is 49.0 Å². The highest BCUT2D eigenvalue weighted by atomic mass is 16.6. The van der Waals surface area contributed by atoms with Gasteiger partial charge in [0.1, 0.15) is 29.9 Å². The molecule has 0 aliphatic carbocycles. The van der Waals surface area contributed by atoms with E-state index in [1.54, 1.807) is 42.3 Å². The highest BCUT2D eigenvalue weighted by Gasteiger charge is 2.76. The predicted molar refractivity (Wildman–Crippen MR) is 241 cm³/mol. The Balaban J connectivity index is 1.34. The van der Waals surface area contributed by atoms with Crippen molar-refractivity contribution in [3.8, 4) is 29.1 Å². The van der Waals surface area contributed by atoms with Crippen LogP contribution in [0.1, 0.15) is 63.6 Å². The maximum Gasteiger partial charge on any atom is 0.421 e. The van der Waals surface area contributed by atoms with Crippen LogP contribution in [0.15, 0.2) is 115 Å². The molecule has 6 atom stereocenters. The van der Waals surface area contributed by atoms with E-state index < -0.39 is 59.4 Å². The number of hydrogen-bond acceptors (Lipinski definition) is 12. The van der Waals surface area contributed by atoms with Crippen LogP contribution in [-0.4, -0.2) is 97.6 Å². The molecule has 4 heterocycles. The van der Waals surface area contributed by atoms with Crippen molar-refractivity contribution in [3.05, 3.63) is 154 Å². The van der Waals surface area contributed by atoms with Crippen LogP contribution in [0.5, 0.6) is 17.2 Å². The number of aliphatic hydroxyl groups excluding tert-OH is 1. The highest BCUT2D eigenvalue weighted by molar-refractivity contribution is 6.23. The summed E-state index contributed by atoms with van der Waals surface area (Å²) in [5.74, 6) is 3.49. The number of morpholine rings is 1. The third-order valence-electron chi connectivity index (χ3n) is 13.1. The molecule has 2 saturated heterocycles. The van der Waals surface area contributed by atoms with E-state index in [0.29, 0.717) is 34.6 Å². The Morgan fingerprint density at radius 3 is 2.15 bits per heavy atom. The molecule has 5 aromatic carbocycles. The molecule has 4 aliphatic rings. The minimum atomic E-state index is -2.04. The van der Waals surface area contributed by atoms with Crippen LogP contribution in [0.3, 0.4) is 0 Å². The number of esters is 1. The number of amides is 3. The normalized spacial score (nSPS) is 23.0. The zero-order valence-electron chi connectivity index (χ0n) is 36.7. The number of imide groups is 1. The zero-order valence-corrected chi connectivity index (χ0v) is 36.7. The van der Waals surface area contributed by atoms with E-state index in [0.717, 1.165) is 21.6 Å². The number of carbonyl (C=O) groups is 4. The second-order valence-corrected chi connectivity index (χ2v) is 16.6. The number of hydrogen-bond donors (Lipinski definition) is 2. The first-order valence-corrected chi connectivity index (χ1v) is 21.8. The number of anilines is 1. The second-order valence-electron chi connectivity index (χ2n) is 16.6. The quantitative estimate of drug-likeness (QED) is 0.0932. The molecule has 0 unspecified atom stereocenters. The summed E-state index contributed by atoms with van der Waals surface area (Å²) in [5, 5.41) is 20.4. The average Bonchev–Trinajstić information content (AvgIpc) is 3.80. The third kappa shape index (κ3) is 7.39. The zero-order chi connectivity index (χ0) is 46.1. The number of aromatic hydroxyl groups is 1. The number of ether oxygens (including phenoxy) is 5. The van der Waals surface area contributed by atoms with Gasteiger partial charge in [-0.2, -0.15) is 0 Å². The van der Waals surface area contributed by atoms with Gasteiger partial charge < -0.3 is 38.8 Å². The summed E-state index contributed by atoms with van der Waals surface area (Å²) in [4.78, 5) is 67.1. The van der Waals surface area contributed by atoms with Crippen molar-refractivity contribution in [2.24, 2.45) is 5.92 Å². The standard InChI is InChI=1S/C52H49N3O11/c1-62-26-27-65-51(61)54-40-22-17-32(12-10-11-25-56)28-39(40)52(50(54)60)43(48(58)53-24-23-36-29-41(63-2)42(64-3)30-37(36)31-53)45-49(59)66-46(34-15-8-5-9-16-34)44(33-13-6-4-7-14-33)55(45)47(52)35-18-20-38(57)21-19-35/h4-9,13-22,28-30,43-47,56-57H,11,23-27,31H2,1-3H3/t43-,44-,45-,46+,47+,52-/m0/s1. The largest absolute Gasteiger partial charge is 0.508 e. The van der Waals surface area contributed by atoms with Gasteiger partial charge in [0.15, 0.2) is 11.5 Å². The average molecular weight is 892 g/mol. The molecule has 3 amide bonds. The smallest absolute Gasteiger partial charge is 0.421 e. The number of nitrogens with zero attached hydrogens (tertiary/aromatic N) is 3. The molecule has 5 aromatic rings. The van der Waals surface area contributed by atoms with Crippen LogP contribution in [-0.2, 0) is 47.0 Å². The number of benzene rings is 5. The maximum atomic E-state index is 16.4. The molecule has 0 radical (unpaired) electrons. The van der Waals surface area contributed by atoms with E-state index in [-0.39, 0.29) is 56.3 Å². The summed E-state index contributed by atoms with van der Waals surface area (Å²) in [5.41, 5.74) is 2.50. The molecule has 14 nitrogen and oxygen atoms in total. The summed E-state index contributed by atoms with van der Waals surface area (Å²) in [6.45, 7) is 0.0354. The van der Waals surface area contributed by atoms with Gasteiger partial charge in [-0.1, -0.05) is 84.6 Å². The van der Waals surface area contributed by atoms with Gasteiger partial charge >= 0.3 is 12.1 Å². The molecule has 14 heteroatoms. The fourth-order valence-corrected chi connectivity index (χ4v) is 10.4. The summed E-state index contributed by atoms with van der Waals surface area (Å²) < 4.78 is 28.7. The molecule has 0 aromatic heterocycles. The monoisotopic (exact) mass is 891 g/mol. The number of rotatable bonds is 10. The number of aliphatic hydroxyl groups is 1. The van der Waals surface area contributed by atoms with Crippen molar-refractivity contribution < 1.29 is 53.1 Å². The van der Waals surface area contributed by atoms with Crippen LogP contribution >= 0.6 is 0 Å². The number of carbonyl (C=O) groups excluding carboxylic acids is 4. The van der Waals surface area contributed by atoms with Crippen LogP contribution in [0, 0.1) is 17.8 Å². The molecule has 338 valence electrons. The number of methoxy groups -OCH3 is 3. The lowest BCUT2D eigenvalue weighted by molar-refractivity contribution is -0.179. The van der Waals surface area contributed by atoms with Gasteiger partial charge in [0.25, 0.3) is 0 Å². The van der Waals surface area contributed by atoms with Gasteiger partial charge in [-0.15, -0.1) is 0 Å². The number of phenolic OH excluding ortho intramolecular Hbond substituents is 1. The number of phenols is 1. The lowest BCUT2D eigenvalue weighted by atomic mass is 9.64. The predicted octanol–water partition coefficient (Wildman–Crippen LogP) is 6.18. The van der Waals surface area contributed by atoms with Crippen LogP contribution in [0.4, 0.5) is 10.5 Å². The van der Waals surface area contributed by atoms with Gasteiger partial charge in [-0.05, 0) is 82.3 Å². The van der Waals surface area contributed by atoms with Crippen LogP contribution < -0.4 is 14.4 Å². The Morgan fingerprint density at radius 2 is 1.48 bits per heavy atom. The Hall–Kier alpha value is -7.18. The van der Waals surface area contributed by atoms with E-state index >= 15 is 14.4 Å². The molecule has 2 N–H and O–H groups in total. The molecule has 0 saturated carbocycles. The third-order valence-corrected chi connectivity index (χ3v) is 13.1. The molecule has 66 heavy (non-hydrogen) atoms. The van der Waals surface area contributed by atoms with E-state index in [1.807, 2.05) is 77.7 Å². The van der Waals surface area contributed by atoms with E-state index in [1.165, 1.54) is 26.4 Å². The van der Waals surface area contributed by atoms with Crippen molar-refractivity contribution in [1.29, 1.82) is 0 Å². The fourth-order valence-electron chi connectivity index (χ4n) is 10.4. The Bertz CT molecular complexity index is 2720. The first-order valence-electron chi connectivity index (χ1n) is 21.8. The van der Waals surface area contributed by atoms with Gasteiger partial charge in [-0.25, -0.2) is 9.69 Å². The summed E-state index contributed by atoms with van der Waals surface area (Å²) >= 11 is 0. The Morgan fingerprint density at radius 1 is 0.803 bits per heavy atom. The second kappa shape index (κ2) is 18.4. The first kappa shape index (κ1) is 44.0. The highest BCUT2D eigenvalue weighted by Crippen LogP contribution is 2.66. The molecule has 2 fully saturated rings. The molecular weight excluding hydrogens is 843 g/mol. The molecular formula is C52H49N3O11. The Labute approximate surface area is 382 Å². The van der Waals surface area contributed by atoms with Crippen LogP contribution in [0.25, 0.3) is 0 Å². The molecule has 4 aliphatic heterocycles. The molecule has 0 bridgehead atoms. The van der Waals surface area contributed by atoms with Gasteiger partial charge in [0, 0.05) is 32.2 Å². The first-order chi connectivity index (χ1) is 32.2. The number of fused-ring (bicyclic) bond motifs is 4. The van der Waals surface area contributed by atoms with E-state index in [2.05, 4.69) is 11.8 Å². The van der Waals surface area contributed by atoms with Crippen LogP contribution in [0.2, 0.25) is 0 Å². The van der Waals surface area contributed by atoms with Crippen molar-refractivity contribution in [2.75, 3.05) is 52.6 Å². The molecule has 9 rings (SSSR count). The Kier molecular flexibility index (Phi) is 12.3. The van der Waals surface area contributed by atoms with E-state index in [4.69, 9.17) is 23.7 Å². The minimum absolute atomic E-state index is 0.0446. The maximum absolute atomic E-state index is 16.4. The van der Waals surface area contributed by atoms with Gasteiger partial charge in [0.2, 0.25) is 11.8 Å². The molecule has 1 spiro atoms. The minimum Gasteiger partial charge on any atom is -0.508 e. The van der Waals surface area contributed by atoms with Crippen molar-refractivity contribution in [1.82, 2.24) is 9.80 Å². The summed E-state index contributed by atoms with van der Waals surface area (Å²) in [6, 6.07) is 30.5.